The number of hydrogen-bond acceptors (Lipinski definition) is 3. The Kier molecular flexibility index (Phi) is 7.58. The molecule has 0 aromatic heterocycles. The summed E-state index contributed by atoms with van der Waals surface area (Å²) in [6, 6.07) is 23.3. The van der Waals surface area contributed by atoms with Gasteiger partial charge in [-0.25, -0.2) is 4.39 Å². The Morgan fingerprint density at radius 3 is 2.38 bits per heavy atom. The number of halogens is 1. The van der Waals surface area contributed by atoms with Crippen LogP contribution in [0.1, 0.15) is 40.4 Å². The van der Waals surface area contributed by atoms with E-state index in [9.17, 15) is 14.0 Å². The minimum atomic E-state index is -0.551. The number of amides is 2. The molecule has 2 atom stereocenters. The molecule has 0 aliphatic carbocycles. The number of benzene rings is 3. The first-order valence-electron chi connectivity index (χ1n) is 11.6. The summed E-state index contributed by atoms with van der Waals surface area (Å²) in [5, 5.41) is 3.01. The van der Waals surface area contributed by atoms with Crippen LogP contribution in [-0.2, 0) is 11.2 Å². The molecule has 4 rings (SSSR count). The third-order valence-corrected chi connectivity index (χ3v) is 6.37. The standard InChI is InChI=1S/C28H29FN2O3/c1-34-23-14-11-20(12-15-23)17-18-30-27(32)22-13-16-26(21-7-3-2-4-8-21)31(19-22)28(33)24-9-5-6-10-25(24)29/h2-12,14-15,22,26H,13,16-19H2,1H3,(H,30,32). The second kappa shape index (κ2) is 11.0. The fraction of sp³-hybridized carbons (Fsp3) is 0.286. The number of hydrogen-bond donors (Lipinski definition) is 1. The van der Waals surface area contributed by atoms with E-state index in [0.29, 0.717) is 25.8 Å². The summed E-state index contributed by atoms with van der Waals surface area (Å²) in [4.78, 5) is 28.0. The van der Waals surface area contributed by atoms with Gasteiger partial charge in [0.2, 0.25) is 5.91 Å². The first kappa shape index (κ1) is 23.5. The van der Waals surface area contributed by atoms with Gasteiger partial charge in [0.05, 0.1) is 24.6 Å². The van der Waals surface area contributed by atoms with E-state index >= 15 is 0 Å². The van der Waals surface area contributed by atoms with Crippen LogP contribution in [-0.4, -0.2) is 36.9 Å². The van der Waals surface area contributed by atoms with Crippen LogP contribution in [0.15, 0.2) is 78.9 Å². The molecule has 6 heteroatoms. The number of carbonyl (C=O) groups excluding carboxylic acids is 2. The number of rotatable bonds is 7. The molecule has 176 valence electrons. The fourth-order valence-electron chi connectivity index (χ4n) is 4.49. The quantitative estimate of drug-likeness (QED) is 0.552. The van der Waals surface area contributed by atoms with Gasteiger partial charge in [-0.2, -0.15) is 0 Å². The van der Waals surface area contributed by atoms with Gasteiger partial charge in [0.25, 0.3) is 5.91 Å². The maximum Gasteiger partial charge on any atom is 0.257 e. The van der Waals surface area contributed by atoms with Crippen molar-refractivity contribution < 1.29 is 18.7 Å². The van der Waals surface area contributed by atoms with E-state index in [1.165, 1.54) is 12.1 Å². The number of carbonyl (C=O) groups is 2. The van der Waals surface area contributed by atoms with E-state index in [0.717, 1.165) is 16.9 Å². The maximum atomic E-state index is 14.4. The van der Waals surface area contributed by atoms with Crippen LogP contribution in [0.25, 0.3) is 0 Å². The number of nitrogens with zero attached hydrogens (tertiary/aromatic N) is 1. The third-order valence-electron chi connectivity index (χ3n) is 6.37. The zero-order chi connectivity index (χ0) is 23.9. The predicted molar refractivity (Wildman–Crippen MR) is 129 cm³/mol. The average Bonchev–Trinajstić information content (AvgIpc) is 2.89. The van der Waals surface area contributed by atoms with Crippen molar-refractivity contribution in [3.8, 4) is 5.75 Å². The molecule has 3 aromatic carbocycles. The molecule has 2 amide bonds. The van der Waals surface area contributed by atoms with Gasteiger partial charge in [0.1, 0.15) is 11.6 Å². The lowest BCUT2D eigenvalue weighted by molar-refractivity contribution is -0.126. The lowest BCUT2D eigenvalue weighted by atomic mass is 9.87. The van der Waals surface area contributed by atoms with Crippen molar-refractivity contribution in [1.82, 2.24) is 10.2 Å². The monoisotopic (exact) mass is 460 g/mol. The van der Waals surface area contributed by atoms with Crippen molar-refractivity contribution in [2.24, 2.45) is 5.92 Å². The average molecular weight is 461 g/mol. The second-order valence-corrected chi connectivity index (χ2v) is 8.53. The van der Waals surface area contributed by atoms with Gasteiger partial charge in [-0.1, -0.05) is 54.6 Å². The van der Waals surface area contributed by atoms with Crippen molar-refractivity contribution in [2.45, 2.75) is 25.3 Å². The molecule has 1 heterocycles. The van der Waals surface area contributed by atoms with E-state index in [4.69, 9.17) is 4.74 Å². The molecular weight excluding hydrogens is 431 g/mol. The normalized spacial score (nSPS) is 17.8. The largest absolute Gasteiger partial charge is 0.497 e. The van der Waals surface area contributed by atoms with Gasteiger partial charge in [0.15, 0.2) is 0 Å². The Bertz CT molecular complexity index is 1120. The summed E-state index contributed by atoms with van der Waals surface area (Å²) >= 11 is 0. The molecule has 0 spiro atoms. The highest BCUT2D eigenvalue weighted by molar-refractivity contribution is 5.95. The summed E-state index contributed by atoms with van der Waals surface area (Å²) in [5.41, 5.74) is 2.12. The highest BCUT2D eigenvalue weighted by atomic mass is 19.1. The number of methoxy groups -OCH3 is 1. The summed E-state index contributed by atoms with van der Waals surface area (Å²) in [7, 11) is 1.63. The molecule has 1 aliphatic heterocycles. The maximum absolute atomic E-state index is 14.4. The second-order valence-electron chi connectivity index (χ2n) is 8.53. The summed E-state index contributed by atoms with van der Waals surface area (Å²) in [5.74, 6) is -0.562. The Morgan fingerprint density at radius 1 is 0.971 bits per heavy atom. The van der Waals surface area contributed by atoms with Crippen molar-refractivity contribution in [3.63, 3.8) is 0 Å². The molecule has 2 unspecified atom stereocenters. The number of piperidine rings is 1. The molecule has 1 N–H and O–H groups in total. The first-order valence-corrected chi connectivity index (χ1v) is 11.6. The van der Waals surface area contributed by atoms with Gasteiger partial charge in [-0.15, -0.1) is 0 Å². The molecule has 3 aromatic rings. The van der Waals surface area contributed by atoms with E-state index in [2.05, 4.69) is 5.32 Å². The zero-order valence-electron chi connectivity index (χ0n) is 19.2. The van der Waals surface area contributed by atoms with Gasteiger partial charge >= 0.3 is 0 Å². The molecule has 34 heavy (non-hydrogen) atoms. The topological polar surface area (TPSA) is 58.6 Å². The molecule has 1 fully saturated rings. The van der Waals surface area contributed by atoms with Crippen molar-refractivity contribution in [3.05, 3.63) is 101 Å². The molecule has 0 radical (unpaired) electrons. The van der Waals surface area contributed by atoms with Crippen molar-refractivity contribution >= 4 is 11.8 Å². The molecule has 0 saturated carbocycles. The highest BCUT2D eigenvalue weighted by Gasteiger charge is 2.36. The Hall–Kier alpha value is -3.67. The lowest BCUT2D eigenvalue weighted by Gasteiger charge is -2.39. The smallest absolute Gasteiger partial charge is 0.257 e. The van der Waals surface area contributed by atoms with Gasteiger partial charge < -0.3 is 15.0 Å². The SMILES string of the molecule is COc1ccc(CCNC(=O)C2CCC(c3ccccc3)N(C(=O)c3ccccc3F)C2)cc1. The van der Waals surface area contributed by atoms with E-state index in [1.807, 2.05) is 54.6 Å². The fourth-order valence-corrected chi connectivity index (χ4v) is 4.49. The van der Waals surface area contributed by atoms with Crippen LogP contribution in [0, 0.1) is 11.7 Å². The third kappa shape index (κ3) is 5.45. The molecule has 5 nitrogen and oxygen atoms in total. The molecule has 1 saturated heterocycles. The Balaban J connectivity index is 1.44. The highest BCUT2D eigenvalue weighted by Crippen LogP contribution is 2.35. The van der Waals surface area contributed by atoms with Crippen molar-refractivity contribution in [2.75, 3.05) is 20.2 Å². The summed E-state index contributed by atoms with van der Waals surface area (Å²) in [6.07, 6.45) is 2.00. The Morgan fingerprint density at radius 2 is 1.68 bits per heavy atom. The summed E-state index contributed by atoms with van der Waals surface area (Å²) < 4.78 is 19.6. The van der Waals surface area contributed by atoms with E-state index < -0.39 is 5.82 Å². The van der Waals surface area contributed by atoms with Crippen LogP contribution in [0.2, 0.25) is 0 Å². The van der Waals surface area contributed by atoms with Crippen molar-refractivity contribution in [1.29, 1.82) is 0 Å². The van der Waals surface area contributed by atoms with Gasteiger partial charge in [0, 0.05) is 13.1 Å². The van der Waals surface area contributed by atoms with Crippen LogP contribution < -0.4 is 10.1 Å². The molecule has 1 aliphatic rings. The van der Waals surface area contributed by atoms with Crippen LogP contribution in [0.5, 0.6) is 5.75 Å². The van der Waals surface area contributed by atoms with Gasteiger partial charge in [-0.05, 0) is 54.7 Å². The Labute approximate surface area is 199 Å². The minimum absolute atomic E-state index is 0.0315. The first-order chi connectivity index (χ1) is 16.6. The molecular formula is C28H29FN2O3. The minimum Gasteiger partial charge on any atom is -0.497 e. The number of ether oxygens (including phenoxy) is 1. The predicted octanol–water partition coefficient (Wildman–Crippen LogP) is 4.79. The lowest BCUT2D eigenvalue weighted by Crippen LogP contribution is -2.47. The van der Waals surface area contributed by atoms with E-state index in [1.54, 1.807) is 24.1 Å². The van der Waals surface area contributed by atoms with E-state index in [-0.39, 0.29) is 35.9 Å². The summed E-state index contributed by atoms with van der Waals surface area (Å²) in [6.45, 7) is 0.756. The number of nitrogens with one attached hydrogen (secondary N) is 1. The van der Waals surface area contributed by atoms with Gasteiger partial charge in [-0.3, -0.25) is 9.59 Å². The molecule has 0 bridgehead atoms. The van der Waals surface area contributed by atoms with Crippen LogP contribution >= 0.6 is 0 Å². The van der Waals surface area contributed by atoms with Crippen LogP contribution in [0.3, 0.4) is 0 Å². The zero-order valence-corrected chi connectivity index (χ0v) is 19.2. The van der Waals surface area contributed by atoms with Crippen LogP contribution in [0.4, 0.5) is 4.39 Å². The number of likely N-dealkylation sites (tertiary alicyclic amines) is 1.